The zero-order valence-corrected chi connectivity index (χ0v) is 11.1. The standard InChI is InChI=1S/C15H21NO/c1-15(2,16(3)4)14(17)13-10-12(13)11-8-6-5-7-9-11/h5-9,12-13H,10H2,1-4H3. The summed E-state index contributed by atoms with van der Waals surface area (Å²) in [5.41, 5.74) is 0.953. The first-order valence-electron chi connectivity index (χ1n) is 6.21. The fraction of sp³-hybridized carbons (Fsp3) is 0.533. The molecule has 0 saturated heterocycles. The fourth-order valence-electron chi connectivity index (χ4n) is 2.23. The maximum atomic E-state index is 12.4. The lowest BCUT2D eigenvalue weighted by Crippen LogP contribution is -2.46. The van der Waals surface area contributed by atoms with Gasteiger partial charge in [-0.2, -0.15) is 0 Å². The van der Waals surface area contributed by atoms with Crippen LogP contribution >= 0.6 is 0 Å². The molecule has 1 aliphatic carbocycles. The van der Waals surface area contributed by atoms with Crippen LogP contribution in [0.25, 0.3) is 0 Å². The van der Waals surface area contributed by atoms with Crippen LogP contribution in [-0.2, 0) is 4.79 Å². The number of carbonyl (C=O) groups is 1. The molecule has 1 aromatic carbocycles. The topological polar surface area (TPSA) is 20.3 Å². The molecule has 1 aliphatic rings. The van der Waals surface area contributed by atoms with Gasteiger partial charge in [-0.05, 0) is 45.8 Å². The highest BCUT2D eigenvalue weighted by Crippen LogP contribution is 2.49. The van der Waals surface area contributed by atoms with Crippen molar-refractivity contribution in [2.45, 2.75) is 31.7 Å². The first-order valence-corrected chi connectivity index (χ1v) is 6.21. The number of carbonyl (C=O) groups excluding carboxylic acids is 1. The fourth-order valence-corrected chi connectivity index (χ4v) is 2.23. The summed E-state index contributed by atoms with van der Waals surface area (Å²) in [7, 11) is 3.94. The molecule has 0 spiro atoms. The molecule has 17 heavy (non-hydrogen) atoms. The van der Waals surface area contributed by atoms with Crippen LogP contribution in [0.15, 0.2) is 30.3 Å². The van der Waals surface area contributed by atoms with Crippen LogP contribution < -0.4 is 0 Å². The molecule has 2 atom stereocenters. The van der Waals surface area contributed by atoms with Gasteiger partial charge in [0.2, 0.25) is 0 Å². The molecule has 2 unspecified atom stereocenters. The number of hydrogen-bond donors (Lipinski definition) is 0. The third-order valence-electron chi connectivity index (χ3n) is 4.08. The van der Waals surface area contributed by atoms with E-state index in [1.54, 1.807) is 0 Å². The first-order chi connectivity index (χ1) is 7.94. The predicted octanol–water partition coefficient (Wildman–Crippen LogP) is 2.70. The van der Waals surface area contributed by atoms with Gasteiger partial charge in [-0.15, -0.1) is 0 Å². The molecule has 2 heteroatoms. The molecule has 1 fully saturated rings. The maximum Gasteiger partial charge on any atom is 0.156 e. The van der Waals surface area contributed by atoms with Gasteiger partial charge in [0.05, 0.1) is 5.54 Å². The van der Waals surface area contributed by atoms with E-state index in [4.69, 9.17) is 0 Å². The zero-order valence-electron chi connectivity index (χ0n) is 11.1. The lowest BCUT2D eigenvalue weighted by atomic mass is 9.92. The van der Waals surface area contributed by atoms with Crippen molar-refractivity contribution in [2.75, 3.05) is 14.1 Å². The minimum Gasteiger partial charge on any atom is -0.298 e. The van der Waals surface area contributed by atoms with E-state index in [0.717, 1.165) is 6.42 Å². The van der Waals surface area contributed by atoms with E-state index in [2.05, 4.69) is 12.1 Å². The predicted molar refractivity (Wildman–Crippen MR) is 70.1 cm³/mol. The number of benzene rings is 1. The molecule has 2 nitrogen and oxygen atoms in total. The molecule has 0 N–H and O–H groups in total. The summed E-state index contributed by atoms with van der Waals surface area (Å²) in [5, 5.41) is 0. The van der Waals surface area contributed by atoms with Gasteiger partial charge < -0.3 is 0 Å². The van der Waals surface area contributed by atoms with E-state index in [9.17, 15) is 4.79 Å². The van der Waals surface area contributed by atoms with Crippen molar-refractivity contribution >= 4 is 5.78 Å². The molecule has 92 valence electrons. The van der Waals surface area contributed by atoms with Gasteiger partial charge >= 0.3 is 0 Å². The molecular formula is C15H21NO. The van der Waals surface area contributed by atoms with Crippen molar-refractivity contribution in [1.82, 2.24) is 4.90 Å². The third kappa shape index (κ3) is 2.27. The summed E-state index contributed by atoms with van der Waals surface area (Å²) >= 11 is 0. The van der Waals surface area contributed by atoms with Crippen molar-refractivity contribution in [2.24, 2.45) is 5.92 Å². The highest BCUT2D eigenvalue weighted by Gasteiger charge is 2.49. The molecule has 1 aromatic rings. The summed E-state index contributed by atoms with van der Waals surface area (Å²) < 4.78 is 0. The van der Waals surface area contributed by atoms with E-state index < -0.39 is 0 Å². The Hall–Kier alpha value is -1.15. The number of ketones is 1. The quantitative estimate of drug-likeness (QED) is 0.794. The highest BCUT2D eigenvalue weighted by molar-refractivity contribution is 5.92. The van der Waals surface area contributed by atoms with E-state index in [1.807, 2.05) is 51.0 Å². The third-order valence-corrected chi connectivity index (χ3v) is 4.08. The second-order valence-electron chi connectivity index (χ2n) is 5.68. The van der Waals surface area contributed by atoms with Gasteiger partial charge in [0.25, 0.3) is 0 Å². The second-order valence-corrected chi connectivity index (χ2v) is 5.68. The van der Waals surface area contributed by atoms with Crippen LogP contribution in [0.5, 0.6) is 0 Å². The van der Waals surface area contributed by atoms with Crippen molar-refractivity contribution in [1.29, 1.82) is 0 Å². The monoisotopic (exact) mass is 231 g/mol. The van der Waals surface area contributed by atoms with Crippen molar-refractivity contribution < 1.29 is 4.79 Å². The summed E-state index contributed by atoms with van der Waals surface area (Å²) in [4.78, 5) is 14.4. The molecule has 0 aromatic heterocycles. The van der Waals surface area contributed by atoms with Gasteiger partial charge in [0, 0.05) is 5.92 Å². The van der Waals surface area contributed by atoms with Crippen molar-refractivity contribution in [3.05, 3.63) is 35.9 Å². The van der Waals surface area contributed by atoms with Gasteiger partial charge in [0.1, 0.15) is 0 Å². The molecule has 0 amide bonds. The van der Waals surface area contributed by atoms with Crippen LogP contribution in [0.3, 0.4) is 0 Å². The second kappa shape index (κ2) is 4.26. The SMILES string of the molecule is CN(C)C(C)(C)C(=O)C1CC1c1ccccc1. The Balaban J connectivity index is 2.07. The molecular weight excluding hydrogens is 210 g/mol. The number of Topliss-reactive ketones (excluding diaryl/α,β-unsaturated/α-hetero) is 1. The Bertz CT molecular complexity index is 408. The number of nitrogens with zero attached hydrogens (tertiary/aromatic N) is 1. The Morgan fingerprint density at radius 2 is 1.82 bits per heavy atom. The average molecular weight is 231 g/mol. The molecule has 2 rings (SSSR count). The van der Waals surface area contributed by atoms with Crippen LogP contribution in [0.1, 0.15) is 31.7 Å². The lowest BCUT2D eigenvalue weighted by Gasteiger charge is -2.31. The number of likely N-dealkylation sites (N-methyl/N-ethyl adjacent to an activating group) is 1. The summed E-state index contributed by atoms with van der Waals surface area (Å²) in [6, 6.07) is 10.4. The average Bonchev–Trinajstić information content (AvgIpc) is 3.09. The lowest BCUT2D eigenvalue weighted by molar-refractivity contribution is -0.129. The molecule has 1 saturated carbocycles. The first kappa shape index (κ1) is 12.3. The Morgan fingerprint density at radius 1 is 1.24 bits per heavy atom. The highest BCUT2D eigenvalue weighted by atomic mass is 16.1. The normalized spacial score (nSPS) is 23.8. The van der Waals surface area contributed by atoms with E-state index in [0.29, 0.717) is 11.7 Å². The molecule has 0 bridgehead atoms. The summed E-state index contributed by atoms with van der Waals surface area (Å²) in [6.45, 7) is 4.02. The minimum absolute atomic E-state index is 0.217. The number of rotatable bonds is 4. The van der Waals surface area contributed by atoms with Gasteiger partial charge in [-0.3, -0.25) is 9.69 Å². The van der Waals surface area contributed by atoms with E-state index in [-0.39, 0.29) is 11.5 Å². The summed E-state index contributed by atoms with van der Waals surface area (Å²) in [6.07, 6.45) is 1.01. The molecule has 0 aliphatic heterocycles. The molecule has 0 radical (unpaired) electrons. The van der Waals surface area contributed by atoms with E-state index in [1.165, 1.54) is 5.56 Å². The largest absolute Gasteiger partial charge is 0.298 e. The van der Waals surface area contributed by atoms with Gasteiger partial charge in [-0.25, -0.2) is 0 Å². The zero-order chi connectivity index (χ0) is 12.6. The van der Waals surface area contributed by atoms with Crippen LogP contribution in [-0.4, -0.2) is 30.3 Å². The Labute approximate surface area is 104 Å². The Morgan fingerprint density at radius 3 is 2.35 bits per heavy atom. The maximum absolute atomic E-state index is 12.4. The summed E-state index contributed by atoms with van der Waals surface area (Å²) in [5.74, 6) is 1.04. The van der Waals surface area contributed by atoms with E-state index >= 15 is 0 Å². The smallest absolute Gasteiger partial charge is 0.156 e. The number of hydrogen-bond acceptors (Lipinski definition) is 2. The van der Waals surface area contributed by atoms with Gasteiger partial charge in [0.15, 0.2) is 5.78 Å². The van der Waals surface area contributed by atoms with Crippen LogP contribution in [0, 0.1) is 5.92 Å². The van der Waals surface area contributed by atoms with Crippen LogP contribution in [0.2, 0.25) is 0 Å². The van der Waals surface area contributed by atoms with Gasteiger partial charge in [-0.1, -0.05) is 30.3 Å². The van der Waals surface area contributed by atoms with Crippen LogP contribution in [0.4, 0.5) is 0 Å². The Kier molecular flexibility index (Phi) is 3.09. The van der Waals surface area contributed by atoms with Crippen molar-refractivity contribution in [3.8, 4) is 0 Å². The molecule has 0 heterocycles. The minimum atomic E-state index is -0.353. The van der Waals surface area contributed by atoms with Crippen molar-refractivity contribution in [3.63, 3.8) is 0 Å².